The zero-order valence-corrected chi connectivity index (χ0v) is 13.9. The van der Waals surface area contributed by atoms with Gasteiger partial charge < -0.3 is 11.1 Å². The fraction of sp³-hybridized carbons (Fsp3) is 0.250. The summed E-state index contributed by atoms with van der Waals surface area (Å²) in [4.78, 5) is 0.00422. The van der Waals surface area contributed by atoms with Crippen LogP contribution in [0.2, 0.25) is 5.02 Å². The molecule has 6 nitrogen and oxygen atoms in total. The van der Waals surface area contributed by atoms with Crippen LogP contribution in [0.15, 0.2) is 29.2 Å². The Hall–Kier alpha value is -1.35. The minimum atomic E-state index is -3.65. The Morgan fingerprint density at radius 2 is 2.05 bits per heavy atom. The monoisotopic (exact) mass is 346 g/mol. The van der Waals surface area contributed by atoms with E-state index in [0.717, 1.165) is 21.4 Å². The fourth-order valence-corrected chi connectivity index (χ4v) is 3.93. The highest BCUT2D eigenvalue weighted by molar-refractivity contribution is 7.89. The molecule has 0 amide bonds. The third-order valence-electron chi connectivity index (χ3n) is 2.81. The van der Waals surface area contributed by atoms with Crippen LogP contribution in [0.3, 0.4) is 0 Å². The molecule has 0 bridgehead atoms. The van der Waals surface area contributed by atoms with Crippen LogP contribution in [0.25, 0.3) is 0 Å². The number of rotatable bonds is 5. The van der Waals surface area contributed by atoms with E-state index in [9.17, 15) is 8.42 Å². The first-order valence-corrected chi connectivity index (χ1v) is 8.58. The second kappa shape index (κ2) is 6.18. The summed E-state index contributed by atoms with van der Waals surface area (Å²) in [5.74, 6) is -0.00430. The molecule has 0 fully saturated rings. The van der Waals surface area contributed by atoms with E-state index in [1.165, 1.54) is 14.1 Å². The highest BCUT2D eigenvalue weighted by atomic mass is 35.5. The SMILES string of the molecule is CN(C)S(=O)(=O)c1c(N)nsc1NCc1ccccc1Cl. The third-order valence-corrected chi connectivity index (χ3v) is 6.02. The van der Waals surface area contributed by atoms with Crippen molar-refractivity contribution in [1.82, 2.24) is 8.68 Å². The van der Waals surface area contributed by atoms with Crippen molar-refractivity contribution >= 4 is 44.0 Å². The summed E-state index contributed by atoms with van der Waals surface area (Å²) < 4.78 is 29.5. The summed E-state index contributed by atoms with van der Waals surface area (Å²) in [6, 6.07) is 7.33. The Bertz CT molecular complexity index is 743. The van der Waals surface area contributed by atoms with Crippen molar-refractivity contribution in [1.29, 1.82) is 0 Å². The van der Waals surface area contributed by atoms with E-state index in [1.807, 2.05) is 18.2 Å². The molecular weight excluding hydrogens is 332 g/mol. The van der Waals surface area contributed by atoms with Crippen LogP contribution in [0.5, 0.6) is 0 Å². The first kappa shape index (κ1) is 16.0. The molecule has 0 radical (unpaired) electrons. The van der Waals surface area contributed by atoms with Gasteiger partial charge in [-0.05, 0) is 23.2 Å². The molecule has 0 saturated carbocycles. The van der Waals surface area contributed by atoms with Gasteiger partial charge in [-0.3, -0.25) is 0 Å². The largest absolute Gasteiger partial charge is 0.382 e. The molecule has 0 saturated heterocycles. The number of benzene rings is 1. The zero-order valence-electron chi connectivity index (χ0n) is 11.5. The second-order valence-electron chi connectivity index (χ2n) is 4.46. The third kappa shape index (κ3) is 3.29. The van der Waals surface area contributed by atoms with Gasteiger partial charge in [-0.2, -0.15) is 4.37 Å². The molecule has 0 unspecified atom stereocenters. The van der Waals surface area contributed by atoms with Crippen molar-refractivity contribution in [3.05, 3.63) is 34.9 Å². The number of anilines is 2. The first-order valence-electron chi connectivity index (χ1n) is 5.99. The van der Waals surface area contributed by atoms with Crippen molar-refractivity contribution < 1.29 is 8.42 Å². The summed E-state index contributed by atoms with van der Waals surface area (Å²) in [7, 11) is -0.751. The molecule has 0 spiro atoms. The van der Waals surface area contributed by atoms with Crippen molar-refractivity contribution in [3.63, 3.8) is 0 Å². The zero-order chi connectivity index (χ0) is 15.6. The number of hydrogen-bond acceptors (Lipinski definition) is 6. The Labute approximate surface area is 132 Å². The van der Waals surface area contributed by atoms with E-state index in [0.29, 0.717) is 16.6 Å². The maximum atomic E-state index is 12.3. The number of sulfonamides is 1. The molecule has 2 rings (SSSR count). The van der Waals surface area contributed by atoms with Gasteiger partial charge in [0.2, 0.25) is 10.0 Å². The van der Waals surface area contributed by atoms with E-state index < -0.39 is 10.0 Å². The predicted octanol–water partition coefficient (Wildman–Crippen LogP) is 2.24. The van der Waals surface area contributed by atoms with E-state index in [-0.39, 0.29) is 10.7 Å². The molecule has 0 aliphatic heterocycles. The van der Waals surface area contributed by atoms with Gasteiger partial charge in [0.1, 0.15) is 5.00 Å². The average molecular weight is 347 g/mol. The summed E-state index contributed by atoms with van der Waals surface area (Å²) >= 11 is 7.08. The molecule has 1 aromatic heterocycles. The number of nitrogen functional groups attached to an aromatic ring is 1. The molecule has 1 heterocycles. The minimum absolute atomic E-state index is 0.00422. The van der Waals surface area contributed by atoms with Crippen molar-refractivity contribution in [2.75, 3.05) is 25.1 Å². The summed E-state index contributed by atoms with van der Waals surface area (Å²) in [5, 5.41) is 4.05. The highest BCUT2D eigenvalue weighted by Gasteiger charge is 2.27. The van der Waals surface area contributed by atoms with Crippen molar-refractivity contribution in [2.24, 2.45) is 0 Å². The van der Waals surface area contributed by atoms with Gasteiger partial charge in [-0.25, -0.2) is 12.7 Å². The second-order valence-corrected chi connectivity index (χ2v) is 7.73. The highest BCUT2D eigenvalue weighted by Crippen LogP contribution is 2.33. The lowest BCUT2D eigenvalue weighted by atomic mass is 10.2. The fourth-order valence-electron chi connectivity index (χ4n) is 1.66. The topological polar surface area (TPSA) is 88.3 Å². The van der Waals surface area contributed by atoms with Crippen molar-refractivity contribution in [3.8, 4) is 0 Å². The lowest BCUT2D eigenvalue weighted by Crippen LogP contribution is -2.23. The Morgan fingerprint density at radius 3 is 2.67 bits per heavy atom. The molecule has 114 valence electrons. The maximum absolute atomic E-state index is 12.3. The summed E-state index contributed by atoms with van der Waals surface area (Å²) in [6.07, 6.45) is 0. The molecule has 2 aromatic rings. The molecule has 3 N–H and O–H groups in total. The minimum Gasteiger partial charge on any atom is -0.382 e. The van der Waals surface area contributed by atoms with E-state index in [1.54, 1.807) is 6.07 Å². The Balaban J connectivity index is 2.29. The lowest BCUT2D eigenvalue weighted by Gasteiger charge is -2.13. The molecule has 9 heteroatoms. The number of aromatic nitrogens is 1. The van der Waals surface area contributed by atoms with Gasteiger partial charge in [-0.1, -0.05) is 29.8 Å². The Kier molecular flexibility index (Phi) is 4.72. The van der Waals surface area contributed by atoms with Crippen LogP contribution in [-0.2, 0) is 16.6 Å². The standard InChI is InChI=1S/C12H15ClN4O2S2/c1-17(2)21(18,19)10-11(14)16-20-12(10)15-7-8-5-3-4-6-9(8)13/h3-6,15H,7H2,1-2H3,(H2,14,16). The van der Waals surface area contributed by atoms with Crippen LogP contribution in [0, 0.1) is 0 Å². The van der Waals surface area contributed by atoms with Crippen LogP contribution < -0.4 is 11.1 Å². The molecule has 1 aromatic carbocycles. The summed E-state index contributed by atoms with van der Waals surface area (Å²) in [5.41, 5.74) is 6.55. The average Bonchev–Trinajstić information content (AvgIpc) is 2.79. The van der Waals surface area contributed by atoms with Gasteiger partial charge >= 0.3 is 0 Å². The van der Waals surface area contributed by atoms with E-state index >= 15 is 0 Å². The van der Waals surface area contributed by atoms with Crippen LogP contribution in [-0.4, -0.2) is 31.2 Å². The van der Waals surface area contributed by atoms with E-state index in [2.05, 4.69) is 9.69 Å². The summed E-state index contributed by atoms with van der Waals surface area (Å²) in [6.45, 7) is 0.386. The number of nitrogens with two attached hydrogens (primary N) is 1. The smallest absolute Gasteiger partial charge is 0.249 e. The van der Waals surface area contributed by atoms with Gasteiger partial charge in [0, 0.05) is 25.7 Å². The number of nitrogens with one attached hydrogen (secondary N) is 1. The predicted molar refractivity (Wildman–Crippen MR) is 86.2 cm³/mol. The van der Waals surface area contributed by atoms with Gasteiger partial charge in [-0.15, -0.1) is 0 Å². The lowest BCUT2D eigenvalue weighted by molar-refractivity contribution is 0.521. The molecule has 0 aliphatic carbocycles. The maximum Gasteiger partial charge on any atom is 0.249 e. The number of nitrogens with zero attached hydrogens (tertiary/aromatic N) is 2. The van der Waals surface area contributed by atoms with Crippen LogP contribution >= 0.6 is 23.1 Å². The molecule has 0 aliphatic rings. The van der Waals surface area contributed by atoms with Gasteiger partial charge in [0.15, 0.2) is 10.7 Å². The van der Waals surface area contributed by atoms with Gasteiger partial charge in [0.05, 0.1) is 0 Å². The molecule has 0 atom stereocenters. The molecule has 21 heavy (non-hydrogen) atoms. The van der Waals surface area contributed by atoms with Gasteiger partial charge in [0.25, 0.3) is 0 Å². The van der Waals surface area contributed by atoms with Crippen LogP contribution in [0.1, 0.15) is 5.56 Å². The van der Waals surface area contributed by atoms with Crippen molar-refractivity contribution in [2.45, 2.75) is 11.4 Å². The first-order chi connectivity index (χ1) is 9.84. The number of hydrogen-bond donors (Lipinski definition) is 2. The molecular formula is C12H15ClN4O2S2. The Morgan fingerprint density at radius 1 is 1.38 bits per heavy atom. The normalized spacial score (nSPS) is 11.8. The number of halogens is 1. The quantitative estimate of drug-likeness (QED) is 0.866. The van der Waals surface area contributed by atoms with Crippen LogP contribution in [0.4, 0.5) is 10.8 Å². The van der Waals surface area contributed by atoms with E-state index in [4.69, 9.17) is 17.3 Å².